The molecule has 1 aliphatic heterocycles. The van der Waals surface area contributed by atoms with Crippen molar-refractivity contribution < 1.29 is 41.7 Å². The van der Waals surface area contributed by atoms with E-state index in [1.165, 1.54) is 4.90 Å². The average Bonchev–Trinajstić information content (AvgIpc) is 2.61. The predicted octanol–water partition coefficient (Wildman–Crippen LogP) is 3.35. The Kier molecular flexibility index (Phi) is 6.97. The van der Waals surface area contributed by atoms with E-state index in [1.807, 2.05) is 22.6 Å². The van der Waals surface area contributed by atoms with Crippen LogP contribution >= 0.6 is 38.5 Å². The van der Waals surface area contributed by atoms with E-state index in [-0.39, 0.29) is 34.8 Å². The van der Waals surface area contributed by atoms with E-state index in [4.69, 9.17) is 9.47 Å². The molecule has 0 saturated heterocycles. The zero-order valence-electron chi connectivity index (χ0n) is 13.9. The molecular formula is C15H12BrF3INO6. The van der Waals surface area contributed by atoms with Crippen molar-refractivity contribution in [3.8, 4) is 5.75 Å². The fourth-order valence-electron chi connectivity index (χ4n) is 2.27. The van der Waals surface area contributed by atoms with Crippen LogP contribution in [0.25, 0.3) is 0 Å². The van der Waals surface area contributed by atoms with Crippen LogP contribution in [0.2, 0.25) is 0 Å². The van der Waals surface area contributed by atoms with Crippen LogP contribution in [-0.2, 0) is 23.8 Å². The second kappa shape index (κ2) is 8.65. The van der Waals surface area contributed by atoms with Crippen molar-refractivity contribution in [1.82, 2.24) is 0 Å². The first-order valence-corrected chi connectivity index (χ1v) is 8.96. The summed E-state index contributed by atoms with van der Waals surface area (Å²) in [5.74, 6) is -2.20. The van der Waals surface area contributed by atoms with Crippen LogP contribution in [0.15, 0.2) is 27.9 Å². The van der Waals surface area contributed by atoms with Gasteiger partial charge in [0.15, 0.2) is 0 Å². The quantitative estimate of drug-likeness (QED) is 0.409. The monoisotopic (exact) mass is 565 g/mol. The summed E-state index contributed by atoms with van der Waals surface area (Å²) in [4.78, 5) is 25.5. The fraction of sp³-hybridized carbons (Fsp3) is 0.333. The number of nitrogens with zero attached hydrogens (tertiary/aromatic N) is 1. The first-order chi connectivity index (χ1) is 12.6. The minimum absolute atomic E-state index is 0.121. The van der Waals surface area contributed by atoms with Crippen LogP contribution in [0.4, 0.5) is 18.9 Å². The molecule has 0 unspecified atom stereocenters. The molecule has 1 aliphatic rings. The van der Waals surface area contributed by atoms with E-state index < -0.39 is 24.1 Å². The van der Waals surface area contributed by atoms with Gasteiger partial charge in [0.05, 0.1) is 35.7 Å². The Morgan fingerprint density at radius 3 is 2.41 bits per heavy atom. The van der Waals surface area contributed by atoms with Crippen molar-refractivity contribution in [2.24, 2.45) is 0 Å². The molecule has 0 atom stereocenters. The normalized spacial score (nSPS) is 14.9. The van der Waals surface area contributed by atoms with Crippen LogP contribution < -0.4 is 9.64 Å². The van der Waals surface area contributed by atoms with Crippen LogP contribution in [-0.4, -0.2) is 45.9 Å². The van der Waals surface area contributed by atoms with E-state index in [9.17, 15) is 22.8 Å². The maximum Gasteiger partial charge on any atom is 0.573 e. The number of alkyl halides is 3. The Bertz CT molecular complexity index is 798. The smallest absolute Gasteiger partial charge is 0.466 e. The SMILES string of the molecule is COC(=O)C1=C(C(=O)OC)N(c2cc(OC(F)(F)F)cc(Br)c2I)COC1. The van der Waals surface area contributed by atoms with Gasteiger partial charge in [-0.05, 0) is 44.6 Å². The van der Waals surface area contributed by atoms with Crippen molar-refractivity contribution in [2.75, 3.05) is 32.5 Å². The molecule has 0 aromatic heterocycles. The molecule has 0 aliphatic carbocycles. The number of ether oxygens (including phenoxy) is 4. The van der Waals surface area contributed by atoms with Gasteiger partial charge in [0, 0.05) is 10.5 Å². The van der Waals surface area contributed by atoms with Gasteiger partial charge in [0.25, 0.3) is 0 Å². The molecule has 0 spiro atoms. The number of benzene rings is 1. The molecule has 0 fully saturated rings. The molecule has 1 aromatic carbocycles. The third-order valence-electron chi connectivity index (χ3n) is 3.34. The summed E-state index contributed by atoms with van der Waals surface area (Å²) >= 11 is 5.03. The fourth-order valence-corrected chi connectivity index (χ4v) is 3.30. The molecule has 27 heavy (non-hydrogen) atoms. The van der Waals surface area contributed by atoms with Crippen molar-refractivity contribution >= 4 is 56.1 Å². The Morgan fingerprint density at radius 1 is 1.22 bits per heavy atom. The van der Waals surface area contributed by atoms with Gasteiger partial charge < -0.3 is 23.8 Å². The third-order valence-corrected chi connectivity index (χ3v) is 5.84. The lowest BCUT2D eigenvalue weighted by atomic mass is 10.1. The Labute approximate surface area is 173 Å². The van der Waals surface area contributed by atoms with Crippen molar-refractivity contribution in [3.05, 3.63) is 31.4 Å². The van der Waals surface area contributed by atoms with Crippen LogP contribution in [0.3, 0.4) is 0 Å². The molecular weight excluding hydrogens is 554 g/mol. The largest absolute Gasteiger partial charge is 0.573 e. The zero-order valence-corrected chi connectivity index (χ0v) is 17.6. The van der Waals surface area contributed by atoms with Gasteiger partial charge in [-0.15, -0.1) is 13.2 Å². The maximum atomic E-state index is 12.6. The summed E-state index contributed by atoms with van der Waals surface area (Å²) in [6.07, 6.45) is -4.90. The number of hydrogen-bond acceptors (Lipinski definition) is 7. The number of carbonyl (C=O) groups excluding carboxylic acids is 2. The number of carbonyl (C=O) groups is 2. The molecule has 0 saturated carbocycles. The van der Waals surface area contributed by atoms with E-state index >= 15 is 0 Å². The molecule has 0 radical (unpaired) electrons. The van der Waals surface area contributed by atoms with Gasteiger partial charge >= 0.3 is 18.3 Å². The summed E-state index contributed by atoms with van der Waals surface area (Å²) in [5, 5.41) is 0. The minimum Gasteiger partial charge on any atom is -0.466 e. The number of rotatable bonds is 4. The number of hydrogen-bond donors (Lipinski definition) is 0. The van der Waals surface area contributed by atoms with Gasteiger partial charge in [0.2, 0.25) is 0 Å². The van der Waals surface area contributed by atoms with Crippen LogP contribution in [0.1, 0.15) is 0 Å². The summed E-state index contributed by atoms with van der Waals surface area (Å²) < 4.78 is 57.2. The average molecular weight is 566 g/mol. The Morgan fingerprint density at radius 2 is 1.85 bits per heavy atom. The highest BCUT2D eigenvalue weighted by Crippen LogP contribution is 2.39. The third kappa shape index (κ3) is 5.04. The first kappa shape index (κ1) is 21.8. The molecule has 1 heterocycles. The van der Waals surface area contributed by atoms with E-state index in [0.29, 0.717) is 3.57 Å². The molecule has 148 valence electrons. The van der Waals surface area contributed by atoms with Gasteiger partial charge in [-0.25, -0.2) is 9.59 Å². The standard InChI is InChI=1S/C15H12BrF3INO6/c1-24-13(22)8-5-26-6-21(12(8)14(23)25-2)10-4-7(27-15(17,18)19)3-9(16)11(10)20/h3-4H,5-6H2,1-2H3. The number of halogens is 5. The van der Waals surface area contributed by atoms with Crippen molar-refractivity contribution in [3.63, 3.8) is 0 Å². The van der Waals surface area contributed by atoms with Crippen molar-refractivity contribution in [2.45, 2.75) is 6.36 Å². The second-order valence-electron chi connectivity index (χ2n) is 5.00. The molecule has 7 nitrogen and oxygen atoms in total. The molecule has 0 amide bonds. The second-order valence-corrected chi connectivity index (χ2v) is 6.94. The van der Waals surface area contributed by atoms with E-state index in [0.717, 1.165) is 26.4 Å². The lowest BCUT2D eigenvalue weighted by molar-refractivity contribution is -0.274. The van der Waals surface area contributed by atoms with E-state index in [1.54, 1.807) is 0 Å². The van der Waals surface area contributed by atoms with Gasteiger partial charge in [-0.3, -0.25) is 0 Å². The lowest BCUT2D eigenvalue weighted by Gasteiger charge is -2.32. The van der Waals surface area contributed by atoms with Gasteiger partial charge in [-0.1, -0.05) is 0 Å². The summed E-state index contributed by atoms with van der Waals surface area (Å²) in [6, 6.07) is 2.21. The topological polar surface area (TPSA) is 74.3 Å². The van der Waals surface area contributed by atoms with Crippen LogP contribution in [0, 0.1) is 3.57 Å². The lowest BCUT2D eigenvalue weighted by Crippen LogP contribution is -2.39. The molecule has 12 heteroatoms. The molecule has 1 aromatic rings. The molecule has 0 bridgehead atoms. The summed E-state index contributed by atoms with van der Waals surface area (Å²) in [5.41, 5.74) is -0.167. The van der Waals surface area contributed by atoms with Gasteiger partial charge in [-0.2, -0.15) is 0 Å². The van der Waals surface area contributed by atoms with Crippen LogP contribution in [0.5, 0.6) is 5.75 Å². The first-order valence-electron chi connectivity index (χ1n) is 7.09. The minimum atomic E-state index is -4.90. The summed E-state index contributed by atoms with van der Waals surface area (Å²) in [6.45, 7) is -0.424. The Hall–Kier alpha value is -1.54. The highest BCUT2D eigenvalue weighted by atomic mass is 127. The Balaban J connectivity index is 2.63. The number of esters is 2. The highest BCUT2D eigenvalue weighted by molar-refractivity contribution is 14.1. The summed E-state index contributed by atoms with van der Waals surface area (Å²) in [7, 11) is 2.24. The maximum absolute atomic E-state index is 12.6. The molecule has 2 rings (SSSR count). The van der Waals surface area contributed by atoms with E-state index in [2.05, 4.69) is 25.4 Å². The van der Waals surface area contributed by atoms with Gasteiger partial charge in [0.1, 0.15) is 18.2 Å². The number of methoxy groups -OCH3 is 2. The highest BCUT2D eigenvalue weighted by Gasteiger charge is 2.35. The van der Waals surface area contributed by atoms with Crippen molar-refractivity contribution in [1.29, 1.82) is 0 Å². The predicted molar refractivity (Wildman–Crippen MR) is 97.9 cm³/mol. The zero-order chi connectivity index (χ0) is 20.4. The molecule has 0 N–H and O–H groups in total. The number of anilines is 1.